The van der Waals surface area contributed by atoms with Crippen molar-refractivity contribution in [3.05, 3.63) is 54.1 Å². The fourth-order valence-electron chi connectivity index (χ4n) is 2.21. The van der Waals surface area contributed by atoms with Gasteiger partial charge in [-0.25, -0.2) is 5.43 Å². The number of nitrogens with zero attached hydrogens (tertiary/aromatic N) is 1. The highest BCUT2D eigenvalue weighted by molar-refractivity contribution is 5.78. The molecule has 0 spiro atoms. The lowest BCUT2D eigenvalue weighted by Crippen LogP contribution is -2.24. The highest BCUT2D eigenvalue weighted by Gasteiger charge is 2.14. The number of carbonyl (C=O) groups is 1. The second-order valence-corrected chi connectivity index (χ2v) is 5.17. The van der Waals surface area contributed by atoms with Crippen molar-refractivity contribution < 1.29 is 19.0 Å². The van der Waals surface area contributed by atoms with Gasteiger partial charge < -0.3 is 14.2 Å². The van der Waals surface area contributed by atoms with Crippen LogP contribution in [0.4, 0.5) is 0 Å². The van der Waals surface area contributed by atoms with Crippen LogP contribution in [-0.4, -0.2) is 25.5 Å². The third-order valence-corrected chi connectivity index (χ3v) is 3.40. The smallest absolute Gasteiger partial charge is 0.277 e. The maximum absolute atomic E-state index is 11.7. The van der Waals surface area contributed by atoms with Crippen LogP contribution in [0.15, 0.2) is 53.6 Å². The topological polar surface area (TPSA) is 69.2 Å². The molecule has 6 nitrogen and oxygen atoms in total. The number of hydrazone groups is 1. The summed E-state index contributed by atoms with van der Waals surface area (Å²) < 4.78 is 15.9. The molecule has 0 fully saturated rings. The number of benzene rings is 2. The van der Waals surface area contributed by atoms with Gasteiger partial charge in [0, 0.05) is 12.3 Å². The molecule has 0 bridgehead atoms. The van der Waals surface area contributed by atoms with E-state index >= 15 is 0 Å². The van der Waals surface area contributed by atoms with E-state index in [1.165, 1.54) is 5.56 Å². The molecule has 0 radical (unpaired) electrons. The van der Waals surface area contributed by atoms with Gasteiger partial charge in [0.2, 0.25) is 6.79 Å². The molecule has 0 unspecified atom stereocenters. The lowest BCUT2D eigenvalue weighted by atomic mass is 10.1. The van der Waals surface area contributed by atoms with Gasteiger partial charge in [-0.05, 0) is 30.5 Å². The van der Waals surface area contributed by atoms with Crippen molar-refractivity contribution in [1.29, 1.82) is 0 Å². The zero-order valence-electron chi connectivity index (χ0n) is 13.1. The third-order valence-electron chi connectivity index (χ3n) is 3.40. The predicted octanol–water partition coefficient (Wildman–Crippen LogP) is 2.53. The summed E-state index contributed by atoms with van der Waals surface area (Å²) in [6, 6.07) is 15.3. The van der Waals surface area contributed by atoms with Gasteiger partial charge in [0.1, 0.15) is 5.75 Å². The Labute approximate surface area is 140 Å². The summed E-state index contributed by atoms with van der Waals surface area (Å²) in [5.74, 6) is 1.52. The summed E-state index contributed by atoms with van der Waals surface area (Å²) in [7, 11) is 0. The molecule has 0 saturated carbocycles. The van der Waals surface area contributed by atoms with E-state index < -0.39 is 0 Å². The van der Waals surface area contributed by atoms with Gasteiger partial charge in [0.25, 0.3) is 5.91 Å². The first kappa shape index (κ1) is 15.9. The van der Waals surface area contributed by atoms with E-state index in [9.17, 15) is 4.79 Å². The Kier molecular flexibility index (Phi) is 5.29. The zero-order valence-corrected chi connectivity index (χ0v) is 13.1. The van der Waals surface area contributed by atoms with Gasteiger partial charge >= 0.3 is 0 Å². The molecule has 2 aromatic rings. The molecule has 0 aliphatic carbocycles. The molecule has 124 valence electrons. The SMILES string of the molecule is O=C(COc1ccc2c(c1)OCO2)NN=CCCc1ccccc1. The molecule has 1 aliphatic rings. The third kappa shape index (κ3) is 4.49. The molecule has 1 aliphatic heterocycles. The van der Waals surface area contributed by atoms with E-state index in [-0.39, 0.29) is 19.3 Å². The Morgan fingerprint density at radius 3 is 2.88 bits per heavy atom. The summed E-state index contributed by atoms with van der Waals surface area (Å²) >= 11 is 0. The van der Waals surface area contributed by atoms with Crippen molar-refractivity contribution in [3.8, 4) is 17.2 Å². The molecule has 0 aromatic heterocycles. The molecule has 0 saturated heterocycles. The van der Waals surface area contributed by atoms with Crippen molar-refractivity contribution in [2.24, 2.45) is 5.10 Å². The lowest BCUT2D eigenvalue weighted by Gasteiger charge is -2.05. The van der Waals surface area contributed by atoms with Gasteiger partial charge in [-0.15, -0.1) is 0 Å². The quantitative estimate of drug-likeness (QED) is 0.627. The summed E-state index contributed by atoms with van der Waals surface area (Å²) in [5.41, 5.74) is 3.68. The maximum Gasteiger partial charge on any atom is 0.277 e. The van der Waals surface area contributed by atoms with Crippen LogP contribution < -0.4 is 19.6 Å². The predicted molar refractivity (Wildman–Crippen MR) is 89.5 cm³/mol. The second-order valence-electron chi connectivity index (χ2n) is 5.17. The van der Waals surface area contributed by atoms with Crippen molar-refractivity contribution in [1.82, 2.24) is 5.43 Å². The van der Waals surface area contributed by atoms with E-state index in [2.05, 4.69) is 22.7 Å². The summed E-state index contributed by atoms with van der Waals surface area (Å²) in [5, 5.41) is 3.91. The number of nitrogens with one attached hydrogen (secondary N) is 1. The van der Waals surface area contributed by atoms with Crippen LogP contribution >= 0.6 is 0 Å². The molecule has 1 amide bonds. The Hall–Kier alpha value is -3.02. The number of ether oxygens (including phenoxy) is 3. The van der Waals surface area contributed by atoms with E-state index in [1.807, 2.05) is 18.2 Å². The van der Waals surface area contributed by atoms with Gasteiger partial charge in [-0.3, -0.25) is 4.79 Å². The van der Waals surface area contributed by atoms with E-state index in [1.54, 1.807) is 24.4 Å². The average Bonchev–Trinajstić information content (AvgIpc) is 3.08. The van der Waals surface area contributed by atoms with Crippen LogP contribution in [0.3, 0.4) is 0 Å². The van der Waals surface area contributed by atoms with Gasteiger partial charge in [-0.2, -0.15) is 5.10 Å². The molecule has 1 N–H and O–H groups in total. The summed E-state index contributed by atoms with van der Waals surface area (Å²) in [6.07, 6.45) is 3.33. The van der Waals surface area contributed by atoms with E-state index in [4.69, 9.17) is 14.2 Å². The fourth-order valence-corrected chi connectivity index (χ4v) is 2.21. The largest absolute Gasteiger partial charge is 0.484 e. The molecule has 24 heavy (non-hydrogen) atoms. The minimum Gasteiger partial charge on any atom is -0.484 e. The molecule has 0 atom stereocenters. The average molecular weight is 326 g/mol. The number of amides is 1. The first-order valence-electron chi connectivity index (χ1n) is 7.68. The number of rotatable bonds is 7. The van der Waals surface area contributed by atoms with Crippen LogP contribution in [0.25, 0.3) is 0 Å². The first-order chi connectivity index (χ1) is 11.8. The Balaban J connectivity index is 1.36. The minimum absolute atomic E-state index is 0.115. The lowest BCUT2D eigenvalue weighted by molar-refractivity contribution is -0.123. The number of hydrogen-bond donors (Lipinski definition) is 1. The number of fused-ring (bicyclic) bond motifs is 1. The fraction of sp³-hybridized carbons (Fsp3) is 0.222. The standard InChI is InChI=1S/C18H18N2O4/c21-18(20-19-10-4-7-14-5-2-1-3-6-14)12-22-15-8-9-16-17(11-15)24-13-23-16/h1-3,5-6,8-11H,4,7,12-13H2,(H,20,21). The Morgan fingerprint density at radius 1 is 1.17 bits per heavy atom. The van der Waals surface area contributed by atoms with Gasteiger partial charge in [0.05, 0.1) is 0 Å². The molecule has 6 heteroatoms. The number of aryl methyl sites for hydroxylation is 1. The highest BCUT2D eigenvalue weighted by Crippen LogP contribution is 2.34. The van der Waals surface area contributed by atoms with Crippen LogP contribution in [0.2, 0.25) is 0 Å². The van der Waals surface area contributed by atoms with Crippen molar-refractivity contribution in [2.75, 3.05) is 13.4 Å². The van der Waals surface area contributed by atoms with Crippen molar-refractivity contribution >= 4 is 12.1 Å². The van der Waals surface area contributed by atoms with Crippen LogP contribution in [0.1, 0.15) is 12.0 Å². The summed E-state index contributed by atoms with van der Waals surface area (Å²) in [6.45, 7) is 0.0899. The normalized spacial score (nSPS) is 12.3. The van der Waals surface area contributed by atoms with Crippen molar-refractivity contribution in [2.45, 2.75) is 12.8 Å². The maximum atomic E-state index is 11.7. The second kappa shape index (κ2) is 8.01. The Morgan fingerprint density at radius 2 is 2.00 bits per heavy atom. The van der Waals surface area contributed by atoms with Gasteiger partial charge in [-0.1, -0.05) is 30.3 Å². The van der Waals surface area contributed by atoms with Crippen molar-refractivity contribution in [3.63, 3.8) is 0 Å². The Bertz CT molecular complexity index is 716. The first-order valence-corrected chi connectivity index (χ1v) is 7.68. The monoisotopic (exact) mass is 326 g/mol. The van der Waals surface area contributed by atoms with E-state index in [0.29, 0.717) is 17.2 Å². The molecule has 1 heterocycles. The number of hydrogen-bond acceptors (Lipinski definition) is 5. The molecular formula is C18H18N2O4. The number of carbonyl (C=O) groups excluding carboxylic acids is 1. The van der Waals surface area contributed by atoms with Crippen LogP contribution in [0, 0.1) is 0 Å². The molecular weight excluding hydrogens is 308 g/mol. The molecule has 3 rings (SSSR count). The zero-order chi connectivity index (χ0) is 16.6. The minimum atomic E-state index is -0.316. The van der Waals surface area contributed by atoms with Crippen LogP contribution in [-0.2, 0) is 11.2 Å². The molecule has 2 aromatic carbocycles. The van der Waals surface area contributed by atoms with Gasteiger partial charge in [0.15, 0.2) is 18.1 Å². The summed E-state index contributed by atoms with van der Waals surface area (Å²) in [4.78, 5) is 11.7. The van der Waals surface area contributed by atoms with E-state index in [0.717, 1.165) is 12.8 Å². The van der Waals surface area contributed by atoms with Crippen LogP contribution in [0.5, 0.6) is 17.2 Å². The highest BCUT2D eigenvalue weighted by atomic mass is 16.7.